The quantitative estimate of drug-likeness (QED) is 0.496. The average Bonchev–Trinajstić information content (AvgIpc) is 3.11. The number of aryl methyl sites for hydroxylation is 1. The van der Waals surface area contributed by atoms with E-state index in [0.29, 0.717) is 32.7 Å². The van der Waals surface area contributed by atoms with E-state index in [1.807, 2.05) is 31.2 Å². The topological polar surface area (TPSA) is 82.9 Å². The van der Waals surface area contributed by atoms with Crippen LogP contribution in [-0.4, -0.2) is 66.6 Å². The van der Waals surface area contributed by atoms with Crippen LogP contribution >= 0.6 is 0 Å². The minimum atomic E-state index is -0.472. The number of hydrogen-bond acceptors (Lipinski definition) is 6. The van der Waals surface area contributed by atoms with Crippen LogP contribution in [0, 0.1) is 6.92 Å². The standard InChI is InChI=1S/C21H27N3O5/c1-4-29-21(26)20-17-13-23(19(25)14-28-12-11-27-3)10-9-18(17)24(22-20)16-7-5-15(2)6-8-16/h5-8H,4,9-14H2,1-3H3. The molecule has 29 heavy (non-hydrogen) atoms. The van der Waals surface area contributed by atoms with Gasteiger partial charge in [-0.25, -0.2) is 9.48 Å². The summed E-state index contributed by atoms with van der Waals surface area (Å²) in [6.07, 6.45) is 0.597. The van der Waals surface area contributed by atoms with Crippen LogP contribution in [0.3, 0.4) is 0 Å². The van der Waals surface area contributed by atoms with E-state index in [1.54, 1.807) is 23.6 Å². The van der Waals surface area contributed by atoms with E-state index >= 15 is 0 Å². The van der Waals surface area contributed by atoms with Gasteiger partial charge in [-0.05, 0) is 26.0 Å². The van der Waals surface area contributed by atoms with Gasteiger partial charge in [-0.2, -0.15) is 5.10 Å². The van der Waals surface area contributed by atoms with Crippen LogP contribution < -0.4 is 0 Å². The van der Waals surface area contributed by atoms with Crippen LogP contribution in [0.25, 0.3) is 5.69 Å². The molecule has 0 unspecified atom stereocenters. The Bertz CT molecular complexity index is 860. The number of benzene rings is 1. The maximum atomic E-state index is 12.5. The predicted octanol–water partition coefficient (Wildman–Crippen LogP) is 1.91. The van der Waals surface area contributed by atoms with Crippen molar-refractivity contribution >= 4 is 11.9 Å². The molecule has 8 heteroatoms. The van der Waals surface area contributed by atoms with Crippen molar-refractivity contribution in [2.75, 3.05) is 40.1 Å². The first-order chi connectivity index (χ1) is 14.0. The summed E-state index contributed by atoms with van der Waals surface area (Å²) in [6, 6.07) is 7.95. The highest BCUT2D eigenvalue weighted by molar-refractivity contribution is 5.90. The summed E-state index contributed by atoms with van der Waals surface area (Å²) in [5.41, 5.74) is 3.96. The first kappa shape index (κ1) is 21.0. The van der Waals surface area contributed by atoms with Gasteiger partial charge in [0.05, 0.1) is 31.2 Å². The molecule has 0 N–H and O–H groups in total. The third-order valence-corrected chi connectivity index (χ3v) is 4.81. The molecule has 0 atom stereocenters. The van der Waals surface area contributed by atoms with E-state index < -0.39 is 5.97 Å². The van der Waals surface area contributed by atoms with Crippen molar-refractivity contribution in [3.8, 4) is 5.69 Å². The zero-order valence-electron chi connectivity index (χ0n) is 17.1. The largest absolute Gasteiger partial charge is 0.461 e. The Hall–Kier alpha value is -2.71. The number of fused-ring (bicyclic) bond motifs is 1. The molecule has 2 heterocycles. The fraction of sp³-hybridized carbons (Fsp3) is 0.476. The first-order valence-corrected chi connectivity index (χ1v) is 9.74. The number of rotatable bonds is 8. The Morgan fingerprint density at radius 2 is 1.93 bits per heavy atom. The number of methoxy groups -OCH3 is 1. The maximum absolute atomic E-state index is 12.5. The lowest BCUT2D eigenvalue weighted by molar-refractivity contribution is -0.137. The fourth-order valence-corrected chi connectivity index (χ4v) is 3.29. The number of amides is 1. The molecule has 0 saturated heterocycles. The smallest absolute Gasteiger partial charge is 0.359 e. The van der Waals surface area contributed by atoms with Gasteiger partial charge in [-0.1, -0.05) is 17.7 Å². The third kappa shape index (κ3) is 4.83. The van der Waals surface area contributed by atoms with E-state index in [0.717, 1.165) is 22.5 Å². The molecule has 0 bridgehead atoms. The van der Waals surface area contributed by atoms with Crippen LogP contribution in [0.4, 0.5) is 0 Å². The molecular weight excluding hydrogens is 374 g/mol. The molecule has 0 fully saturated rings. The molecule has 0 spiro atoms. The van der Waals surface area contributed by atoms with Gasteiger partial charge in [-0.15, -0.1) is 0 Å². The summed E-state index contributed by atoms with van der Waals surface area (Å²) in [7, 11) is 1.58. The second-order valence-corrected chi connectivity index (χ2v) is 6.85. The molecule has 1 aromatic heterocycles. The van der Waals surface area contributed by atoms with Gasteiger partial charge in [0.15, 0.2) is 5.69 Å². The van der Waals surface area contributed by atoms with E-state index in [2.05, 4.69) is 5.10 Å². The van der Waals surface area contributed by atoms with Crippen LogP contribution in [-0.2, 0) is 32.0 Å². The van der Waals surface area contributed by atoms with Crippen molar-refractivity contribution in [3.63, 3.8) is 0 Å². The van der Waals surface area contributed by atoms with Crippen molar-refractivity contribution in [1.29, 1.82) is 0 Å². The Morgan fingerprint density at radius 1 is 1.17 bits per heavy atom. The third-order valence-electron chi connectivity index (χ3n) is 4.81. The van der Waals surface area contributed by atoms with Crippen molar-refractivity contribution < 1.29 is 23.8 Å². The number of ether oxygens (including phenoxy) is 3. The van der Waals surface area contributed by atoms with Crippen LogP contribution in [0.5, 0.6) is 0 Å². The molecule has 0 aliphatic carbocycles. The molecule has 3 rings (SSSR count). The van der Waals surface area contributed by atoms with Gasteiger partial charge in [0.2, 0.25) is 5.91 Å². The lowest BCUT2D eigenvalue weighted by atomic mass is 10.0. The van der Waals surface area contributed by atoms with Crippen molar-refractivity contribution in [2.45, 2.75) is 26.8 Å². The summed E-state index contributed by atoms with van der Waals surface area (Å²) >= 11 is 0. The fourth-order valence-electron chi connectivity index (χ4n) is 3.29. The first-order valence-electron chi connectivity index (χ1n) is 9.74. The Kier molecular flexibility index (Phi) is 7.00. The highest BCUT2D eigenvalue weighted by atomic mass is 16.5. The molecule has 1 aliphatic rings. The minimum absolute atomic E-state index is 0.0144. The number of esters is 1. The average molecular weight is 401 g/mol. The zero-order valence-corrected chi connectivity index (χ0v) is 17.1. The summed E-state index contributed by atoms with van der Waals surface area (Å²) in [4.78, 5) is 26.7. The second-order valence-electron chi connectivity index (χ2n) is 6.85. The van der Waals surface area contributed by atoms with E-state index in [4.69, 9.17) is 14.2 Å². The van der Waals surface area contributed by atoms with Gasteiger partial charge in [0.25, 0.3) is 0 Å². The monoisotopic (exact) mass is 401 g/mol. The summed E-state index contributed by atoms with van der Waals surface area (Å²) < 4.78 is 17.3. The van der Waals surface area contributed by atoms with Gasteiger partial charge in [0.1, 0.15) is 6.61 Å². The van der Waals surface area contributed by atoms with Crippen LogP contribution in [0.1, 0.15) is 34.2 Å². The van der Waals surface area contributed by atoms with Crippen molar-refractivity contribution in [1.82, 2.24) is 14.7 Å². The Morgan fingerprint density at radius 3 is 2.62 bits per heavy atom. The lowest BCUT2D eigenvalue weighted by Gasteiger charge is -2.27. The summed E-state index contributed by atoms with van der Waals surface area (Å²) in [5, 5.41) is 4.55. The molecule has 1 amide bonds. The highest BCUT2D eigenvalue weighted by Gasteiger charge is 2.31. The number of carbonyl (C=O) groups is 2. The number of carbonyl (C=O) groups excluding carboxylic acids is 2. The molecule has 156 valence electrons. The van der Waals surface area contributed by atoms with Gasteiger partial charge < -0.3 is 19.1 Å². The summed E-state index contributed by atoms with van der Waals surface area (Å²) in [6.45, 7) is 5.68. The molecular formula is C21H27N3O5. The minimum Gasteiger partial charge on any atom is -0.461 e. The normalized spacial score (nSPS) is 13.3. The van der Waals surface area contributed by atoms with Crippen LogP contribution in [0.2, 0.25) is 0 Å². The second kappa shape index (κ2) is 9.67. The number of aromatic nitrogens is 2. The van der Waals surface area contributed by atoms with Crippen molar-refractivity contribution in [2.24, 2.45) is 0 Å². The molecule has 1 aliphatic heterocycles. The Balaban J connectivity index is 1.85. The molecule has 0 saturated carbocycles. The zero-order chi connectivity index (χ0) is 20.8. The molecule has 2 aromatic rings. The van der Waals surface area contributed by atoms with E-state index in [-0.39, 0.29) is 24.8 Å². The van der Waals surface area contributed by atoms with Gasteiger partial charge in [-0.3, -0.25) is 4.79 Å². The lowest BCUT2D eigenvalue weighted by Crippen LogP contribution is -2.39. The van der Waals surface area contributed by atoms with Crippen LogP contribution in [0.15, 0.2) is 24.3 Å². The maximum Gasteiger partial charge on any atom is 0.359 e. The molecule has 8 nitrogen and oxygen atoms in total. The van der Waals surface area contributed by atoms with E-state index in [1.165, 1.54) is 0 Å². The molecule has 1 aromatic carbocycles. The summed E-state index contributed by atoms with van der Waals surface area (Å²) in [5.74, 6) is -0.593. The van der Waals surface area contributed by atoms with Gasteiger partial charge in [0, 0.05) is 32.2 Å². The van der Waals surface area contributed by atoms with Gasteiger partial charge >= 0.3 is 5.97 Å². The predicted molar refractivity (Wildman–Crippen MR) is 106 cm³/mol. The van der Waals surface area contributed by atoms with E-state index in [9.17, 15) is 9.59 Å². The SMILES string of the molecule is CCOC(=O)c1nn(-c2ccc(C)cc2)c2c1CN(C(=O)COCCOC)CC2. The highest BCUT2D eigenvalue weighted by Crippen LogP contribution is 2.26. The molecule has 0 radical (unpaired) electrons. The number of nitrogens with zero attached hydrogens (tertiary/aromatic N) is 3. The Labute approximate surface area is 170 Å². The van der Waals surface area contributed by atoms with Crippen molar-refractivity contribution in [3.05, 3.63) is 46.8 Å². The number of hydrogen-bond donors (Lipinski definition) is 0.